The molecule has 0 spiro atoms. The van der Waals surface area contributed by atoms with E-state index in [9.17, 15) is 19.5 Å². The summed E-state index contributed by atoms with van der Waals surface area (Å²) in [5.41, 5.74) is 3.29. The summed E-state index contributed by atoms with van der Waals surface area (Å²) in [5, 5.41) is 10.4. The molecule has 1 unspecified atom stereocenters. The number of carbonyl (C=O) groups excluding carboxylic acids is 2. The Labute approximate surface area is 204 Å². The predicted molar refractivity (Wildman–Crippen MR) is 129 cm³/mol. The molecule has 2 amide bonds. The molecule has 1 aliphatic rings. The average Bonchev–Trinajstić information content (AvgIpc) is 3.05. The lowest BCUT2D eigenvalue weighted by Crippen LogP contribution is -2.44. The molecule has 3 rings (SSSR count). The van der Waals surface area contributed by atoms with E-state index in [0.29, 0.717) is 11.3 Å². The second kappa shape index (κ2) is 10.7. The van der Waals surface area contributed by atoms with Crippen molar-refractivity contribution in [3.8, 4) is 11.5 Å². The lowest BCUT2D eigenvalue weighted by Gasteiger charge is -2.16. The third kappa shape index (κ3) is 5.65. The van der Waals surface area contributed by atoms with Crippen LogP contribution in [0.3, 0.4) is 0 Å². The minimum Gasteiger partial charge on any atom is -0.493 e. The van der Waals surface area contributed by atoms with Crippen LogP contribution in [-0.4, -0.2) is 45.4 Å². The zero-order chi connectivity index (χ0) is 24.1. The smallest absolute Gasteiger partial charge is 0.344 e. The van der Waals surface area contributed by atoms with Crippen molar-refractivity contribution in [1.82, 2.24) is 10.4 Å². The molecule has 1 heterocycles. The molecular weight excluding hydrogens is 488 g/mol. The van der Waals surface area contributed by atoms with Crippen LogP contribution in [0.2, 0.25) is 5.02 Å². The number of amides is 2. The number of carboxylic acids is 1. The van der Waals surface area contributed by atoms with E-state index in [1.807, 2.05) is 0 Å². The number of carbonyl (C=O) groups is 3. The highest BCUT2D eigenvalue weighted by molar-refractivity contribution is 8.26. The van der Waals surface area contributed by atoms with Gasteiger partial charge >= 0.3 is 5.97 Å². The van der Waals surface area contributed by atoms with E-state index >= 15 is 0 Å². The van der Waals surface area contributed by atoms with E-state index in [0.717, 1.165) is 16.8 Å². The van der Waals surface area contributed by atoms with Gasteiger partial charge in [-0.2, -0.15) is 5.01 Å². The van der Waals surface area contributed by atoms with E-state index in [-0.39, 0.29) is 32.0 Å². The molecule has 1 fully saturated rings. The van der Waals surface area contributed by atoms with Gasteiger partial charge in [-0.25, -0.2) is 4.79 Å². The maximum Gasteiger partial charge on any atom is 0.344 e. The van der Waals surface area contributed by atoms with Crippen LogP contribution in [0.5, 0.6) is 11.5 Å². The van der Waals surface area contributed by atoms with E-state index in [4.69, 9.17) is 33.3 Å². The zero-order valence-corrected chi connectivity index (χ0v) is 19.9. The fourth-order valence-electron chi connectivity index (χ4n) is 2.86. The minimum absolute atomic E-state index is 0.158. The number of hydrazine groups is 1. The van der Waals surface area contributed by atoms with E-state index < -0.39 is 23.9 Å². The van der Waals surface area contributed by atoms with Crippen LogP contribution in [0.15, 0.2) is 47.4 Å². The highest BCUT2D eigenvalue weighted by Crippen LogP contribution is 2.34. The van der Waals surface area contributed by atoms with Gasteiger partial charge in [0.1, 0.15) is 0 Å². The van der Waals surface area contributed by atoms with Gasteiger partial charge in [-0.1, -0.05) is 48.5 Å². The molecule has 0 saturated carbocycles. The molecule has 33 heavy (non-hydrogen) atoms. The molecule has 1 atom stereocenters. The highest BCUT2D eigenvalue weighted by Gasteiger charge is 2.34. The number of halogens is 1. The molecule has 0 bridgehead atoms. The van der Waals surface area contributed by atoms with Crippen LogP contribution in [-0.2, 0) is 9.59 Å². The lowest BCUT2D eigenvalue weighted by atomic mass is 10.1. The zero-order valence-electron chi connectivity index (χ0n) is 17.5. The number of thioether (sulfide) groups is 1. The number of aliphatic carboxylic acids is 1. The Morgan fingerprint density at radius 1 is 1.27 bits per heavy atom. The Kier molecular flexibility index (Phi) is 7.96. The number of rotatable bonds is 8. The number of hydrogen-bond donors (Lipinski definition) is 2. The van der Waals surface area contributed by atoms with Crippen LogP contribution >= 0.6 is 35.6 Å². The molecule has 1 saturated heterocycles. The number of hydrogen-bond acceptors (Lipinski definition) is 7. The summed E-state index contributed by atoms with van der Waals surface area (Å²) in [6, 6.07) is 11.3. The summed E-state index contributed by atoms with van der Waals surface area (Å²) in [7, 11) is 1.43. The first kappa shape index (κ1) is 24.6. The van der Waals surface area contributed by atoms with Crippen molar-refractivity contribution in [2.24, 2.45) is 0 Å². The summed E-state index contributed by atoms with van der Waals surface area (Å²) < 4.78 is 11.0. The molecular formula is C22H19ClN2O6S2. The number of carboxylic acid groups (broad SMARTS) is 1. The summed E-state index contributed by atoms with van der Waals surface area (Å²) in [6.45, 7) is 1.70. The Balaban J connectivity index is 1.79. The molecule has 0 aliphatic carbocycles. The quantitative estimate of drug-likeness (QED) is 0.406. The first-order chi connectivity index (χ1) is 15.7. The average molecular weight is 507 g/mol. The largest absolute Gasteiger partial charge is 0.493 e. The van der Waals surface area contributed by atoms with Crippen molar-refractivity contribution in [2.45, 2.75) is 19.4 Å². The number of thiocarbonyl (C=S) groups is 1. The van der Waals surface area contributed by atoms with Gasteiger partial charge in [-0.05, 0) is 54.5 Å². The summed E-state index contributed by atoms with van der Waals surface area (Å²) >= 11 is 12.3. The van der Waals surface area contributed by atoms with Crippen molar-refractivity contribution in [3.05, 3.63) is 63.5 Å². The van der Waals surface area contributed by atoms with E-state index in [1.54, 1.807) is 49.4 Å². The Morgan fingerprint density at radius 3 is 2.64 bits per heavy atom. The van der Waals surface area contributed by atoms with Gasteiger partial charge in [-0.3, -0.25) is 15.0 Å². The first-order valence-corrected chi connectivity index (χ1v) is 11.3. The SMILES string of the molecule is CCC(Oc1ccc(/C=C2/SC(=S)N(NC(=O)c3ccccc3Cl)C2=O)cc1OC)C(=O)O. The molecule has 172 valence electrons. The monoisotopic (exact) mass is 506 g/mol. The van der Waals surface area contributed by atoms with Gasteiger partial charge in [0.2, 0.25) is 0 Å². The van der Waals surface area contributed by atoms with Crippen molar-refractivity contribution in [3.63, 3.8) is 0 Å². The number of nitrogens with one attached hydrogen (secondary N) is 1. The van der Waals surface area contributed by atoms with Crippen molar-refractivity contribution < 1.29 is 29.0 Å². The summed E-state index contributed by atoms with van der Waals surface area (Å²) in [4.78, 5) is 36.9. The Hall–Kier alpha value is -3.08. The van der Waals surface area contributed by atoms with Crippen LogP contribution in [0.1, 0.15) is 29.3 Å². The molecule has 0 aromatic heterocycles. The van der Waals surface area contributed by atoms with Gasteiger partial charge in [0.15, 0.2) is 21.9 Å². The topological polar surface area (TPSA) is 105 Å². The molecule has 11 heteroatoms. The van der Waals surface area contributed by atoms with Gasteiger partial charge in [0.25, 0.3) is 11.8 Å². The van der Waals surface area contributed by atoms with Crippen molar-refractivity contribution in [2.75, 3.05) is 7.11 Å². The Morgan fingerprint density at radius 2 is 2.00 bits per heavy atom. The van der Waals surface area contributed by atoms with Gasteiger partial charge in [-0.15, -0.1) is 0 Å². The van der Waals surface area contributed by atoms with Crippen LogP contribution in [0.25, 0.3) is 6.08 Å². The van der Waals surface area contributed by atoms with E-state index in [2.05, 4.69) is 5.43 Å². The molecule has 2 aromatic carbocycles. The van der Waals surface area contributed by atoms with Gasteiger partial charge < -0.3 is 14.6 Å². The predicted octanol–water partition coefficient (Wildman–Crippen LogP) is 4.14. The fraction of sp³-hybridized carbons (Fsp3) is 0.182. The Bertz CT molecular complexity index is 1150. The molecule has 2 aromatic rings. The number of methoxy groups -OCH3 is 1. The maximum absolute atomic E-state index is 12.8. The summed E-state index contributed by atoms with van der Waals surface area (Å²) in [6.07, 6.45) is 0.854. The third-order valence-electron chi connectivity index (χ3n) is 4.53. The third-order valence-corrected chi connectivity index (χ3v) is 6.16. The molecule has 1 aliphatic heterocycles. The van der Waals surface area contributed by atoms with Crippen LogP contribution < -0.4 is 14.9 Å². The van der Waals surface area contributed by atoms with Crippen molar-refractivity contribution >= 4 is 63.8 Å². The van der Waals surface area contributed by atoms with Gasteiger partial charge in [0.05, 0.1) is 22.6 Å². The minimum atomic E-state index is -1.08. The molecule has 2 N–H and O–H groups in total. The first-order valence-electron chi connectivity index (χ1n) is 9.66. The maximum atomic E-state index is 12.8. The normalized spacial score (nSPS) is 15.5. The highest BCUT2D eigenvalue weighted by atomic mass is 35.5. The van der Waals surface area contributed by atoms with Crippen LogP contribution in [0, 0.1) is 0 Å². The second-order valence-corrected chi connectivity index (χ2v) is 8.78. The number of ether oxygens (including phenoxy) is 2. The lowest BCUT2D eigenvalue weighted by molar-refractivity contribution is -0.145. The second-order valence-electron chi connectivity index (χ2n) is 6.70. The van der Waals surface area contributed by atoms with Gasteiger partial charge in [0, 0.05) is 0 Å². The molecule has 0 radical (unpaired) electrons. The number of nitrogens with zero attached hydrogens (tertiary/aromatic N) is 1. The molecule has 8 nitrogen and oxygen atoms in total. The number of benzene rings is 2. The standard InChI is InChI=1S/C22H19ClN2O6S2/c1-3-15(21(28)29)31-16-9-8-12(10-17(16)30-2)11-18-20(27)25(22(32)33-18)24-19(26)13-6-4-5-7-14(13)23/h4-11,15H,3H2,1-2H3,(H,24,26)(H,28,29)/b18-11+. The summed E-state index contributed by atoms with van der Waals surface area (Å²) in [5.74, 6) is -1.56. The fourth-order valence-corrected chi connectivity index (χ4v) is 4.26. The van der Waals surface area contributed by atoms with Crippen LogP contribution in [0.4, 0.5) is 0 Å². The van der Waals surface area contributed by atoms with Crippen molar-refractivity contribution in [1.29, 1.82) is 0 Å². The van der Waals surface area contributed by atoms with E-state index in [1.165, 1.54) is 13.2 Å².